The lowest BCUT2D eigenvalue weighted by atomic mass is 9.80. The SMILES string of the molecule is CCCC(C)(CO)Cc1cc(Br)cc2c1OCC2. The molecule has 2 nitrogen and oxygen atoms in total. The first-order chi connectivity index (χ1) is 8.58. The van der Waals surface area contributed by atoms with Gasteiger partial charge in [-0.25, -0.2) is 0 Å². The van der Waals surface area contributed by atoms with E-state index >= 15 is 0 Å². The minimum absolute atomic E-state index is 0.0464. The van der Waals surface area contributed by atoms with Crippen LogP contribution >= 0.6 is 15.9 Å². The molecule has 0 saturated carbocycles. The molecule has 100 valence electrons. The average molecular weight is 313 g/mol. The van der Waals surface area contributed by atoms with Crippen molar-refractivity contribution in [1.82, 2.24) is 0 Å². The van der Waals surface area contributed by atoms with E-state index in [1.807, 2.05) is 0 Å². The van der Waals surface area contributed by atoms with E-state index < -0.39 is 0 Å². The normalized spacial score (nSPS) is 17.1. The lowest BCUT2D eigenvalue weighted by Gasteiger charge is -2.27. The van der Waals surface area contributed by atoms with Gasteiger partial charge in [0.15, 0.2) is 0 Å². The number of halogens is 1. The molecule has 1 heterocycles. The van der Waals surface area contributed by atoms with E-state index in [4.69, 9.17) is 4.74 Å². The van der Waals surface area contributed by atoms with Crippen molar-refractivity contribution in [2.45, 2.75) is 39.5 Å². The Kier molecular flexibility index (Phi) is 4.33. The van der Waals surface area contributed by atoms with Gasteiger partial charge in [-0.15, -0.1) is 0 Å². The van der Waals surface area contributed by atoms with Crippen LogP contribution in [0, 0.1) is 5.41 Å². The van der Waals surface area contributed by atoms with Crippen LogP contribution in [0.3, 0.4) is 0 Å². The molecule has 18 heavy (non-hydrogen) atoms. The van der Waals surface area contributed by atoms with Gasteiger partial charge < -0.3 is 9.84 Å². The molecular formula is C15H21BrO2. The molecule has 0 amide bonds. The molecule has 1 atom stereocenters. The van der Waals surface area contributed by atoms with Crippen molar-refractivity contribution in [2.75, 3.05) is 13.2 Å². The lowest BCUT2D eigenvalue weighted by Crippen LogP contribution is -2.24. The van der Waals surface area contributed by atoms with E-state index in [0.29, 0.717) is 0 Å². The third-order valence-corrected chi connectivity index (χ3v) is 4.14. The van der Waals surface area contributed by atoms with E-state index in [2.05, 4.69) is 41.9 Å². The Morgan fingerprint density at radius 3 is 2.89 bits per heavy atom. The molecule has 1 aliphatic rings. The Morgan fingerprint density at radius 2 is 2.22 bits per heavy atom. The van der Waals surface area contributed by atoms with E-state index in [1.54, 1.807) is 0 Å². The summed E-state index contributed by atoms with van der Waals surface area (Å²) < 4.78 is 6.86. The van der Waals surface area contributed by atoms with Crippen molar-refractivity contribution >= 4 is 15.9 Å². The molecule has 0 fully saturated rings. The molecule has 0 spiro atoms. The van der Waals surface area contributed by atoms with Crippen molar-refractivity contribution < 1.29 is 9.84 Å². The second-order valence-electron chi connectivity index (χ2n) is 5.55. The van der Waals surface area contributed by atoms with Crippen molar-refractivity contribution in [1.29, 1.82) is 0 Å². The van der Waals surface area contributed by atoms with Gasteiger partial charge in [-0.2, -0.15) is 0 Å². The Hall–Kier alpha value is -0.540. The summed E-state index contributed by atoms with van der Waals surface area (Å²) in [4.78, 5) is 0. The van der Waals surface area contributed by atoms with Gasteiger partial charge in [-0.3, -0.25) is 0 Å². The van der Waals surface area contributed by atoms with E-state index in [1.165, 1.54) is 11.1 Å². The first-order valence-corrected chi connectivity index (χ1v) is 7.42. The Labute approximate surface area is 117 Å². The van der Waals surface area contributed by atoms with Gasteiger partial charge in [0.05, 0.1) is 6.61 Å². The maximum Gasteiger partial charge on any atom is 0.125 e. The third kappa shape index (κ3) is 2.89. The molecule has 0 aliphatic carbocycles. The summed E-state index contributed by atoms with van der Waals surface area (Å²) in [6.07, 6.45) is 3.99. The van der Waals surface area contributed by atoms with Crippen molar-refractivity contribution in [3.63, 3.8) is 0 Å². The molecule has 0 radical (unpaired) electrons. The van der Waals surface area contributed by atoms with Crippen LogP contribution in [0.5, 0.6) is 5.75 Å². The van der Waals surface area contributed by atoms with Crippen LogP contribution in [0.1, 0.15) is 37.8 Å². The van der Waals surface area contributed by atoms with Crippen LogP contribution in [-0.4, -0.2) is 18.3 Å². The lowest BCUT2D eigenvalue weighted by molar-refractivity contribution is 0.130. The maximum absolute atomic E-state index is 9.64. The van der Waals surface area contributed by atoms with Crippen molar-refractivity contribution in [2.24, 2.45) is 5.41 Å². The summed E-state index contributed by atoms with van der Waals surface area (Å²) in [5.74, 6) is 1.05. The number of aliphatic hydroxyl groups is 1. The van der Waals surface area contributed by atoms with Gasteiger partial charge in [0.25, 0.3) is 0 Å². The predicted molar refractivity (Wildman–Crippen MR) is 77.1 cm³/mol. The van der Waals surface area contributed by atoms with Crippen LogP contribution < -0.4 is 4.74 Å². The zero-order chi connectivity index (χ0) is 13.2. The fourth-order valence-corrected chi connectivity index (χ4v) is 3.32. The van der Waals surface area contributed by atoms with Crippen LogP contribution in [0.4, 0.5) is 0 Å². The number of rotatable bonds is 5. The van der Waals surface area contributed by atoms with E-state index in [0.717, 1.165) is 42.5 Å². The highest BCUT2D eigenvalue weighted by Crippen LogP contribution is 2.38. The maximum atomic E-state index is 9.64. The van der Waals surface area contributed by atoms with Crippen LogP contribution in [0.25, 0.3) is 0 Å². The van der Waals surface area contributed by atoms with E-state index in [9.17, 15) is 5.11 Å². The zero-order valence-electron chi connectivity index (χ0n) is 11.1. The van der Waals surface area contributed by atoms with Crippen LogP contribution in [-0.2, 0) is 12.8 Å². The van der Waals surface area contributed by atoms with Gasteiger partial charge >= 0.3 is 0 Å². The number of ether oxygens (including phenoxy) is 1. The molecule has 0 saturated heterocycles. The highest BCUT2D eigenvalue weighted by Gasteiger charge is 2.27. The van der Waals surface area contributed by atoms with E-state index in [-0.39, 0.29) is 12.0 Å². The first-order valence-electron chi connectivity index (χ1n) is 6.63. The topological polar surface area (TPSA) is 29.5 Å². The van der Waals surface area contributed by atoms with Gasteiger partial charge in [0, 0.05) is 17.5 Å². The second-order valence-corrected chi connectivity index (χ2v) is 6.46. The fraction of sp³-hybridized carbons (Fsp3) is 0.600. The molecule has 2 rings (SSSR count). The molecular weight excluding hydrogens is 292 g/mol. The van der Waals surface area contributed by atoms with Crippen molar-refractivity contribution in [3.05, 3.63) is 27.7 Å². The van der Waals surface area contributed by atoms with Gasteiger partial charge in [-0.1, -0.05) is 36.2 Å². The standard InChI is InChI=1S/C15H21BrO2/c1-3-5-15(2,10-17)9-12-8-13(16)7-11-4-6-18-14(11)12/h7-8,17H,3-6,9-10H2,1-2H3. The molecule has 0 aromatic heterocycles. The number of hydrogen-bond donors (Lipinski definition) is 1. The number of aliphatic hydroxyl groups excluding tert-OH is 1. The van der Waals surface area contributed by atoms with Crippen LogP contribution in [0.15, 0.2) is 16.6 Å². The smallest absolute Gasteiger partial charge is 0.125 e. The highest BCUT2D eigenvalue weighted by atomic mass is 79.9. The Bertz CT molecular complexity index is 431. The quantitative estimate of drug-likeness (QED) is 0.897. The summed E-state index contributed by atoms with van der Waals surface area (Å²) in [5, 5.41) is 9.64. The van der Waals surface area contributed by atoms with Gasteiger partial charge in [0.1, 0.15) is 5.75 Å². The molecule has 1 aliphatic heterocycles. The molecule has 1 aromatic rings. The minimum atomic E-state index is -0.0464. The Balaban J connectivity index is 2.28. The number of fused-ring (bicyclic) bond motifs is 1. The number of hydrogen-bond acceptors (Lipinski definition) is 2. The Morgan fingerprint density at radius 1 is 1.44 bits per heavy atom. The number of benzene rings is 1. The van der Waals surface area contributed by atoms with Gasteiger partial charge in [0.2, 0.25) is 0 Å². The summed E-state index contributed by atoms with van der Waals surface area (Å²) in [7, 11) is 0. The summed E-state index contributed by atoms with van der Waals surface area (Å²) >= 11 is 3.57. The van der Waals surface area contributed by atoms with Crippen molar-refractivity contribution in [3.8, 4) is 5.75 Å². The van der Waals surface area contributed by atoms with Crippen LogP contribution in [0.2, 0.25) is 0 Å². The largest absolute Gasteiger partial charge is 0.493 e. The average Bonchev–Trinajstić information content (AvgIpc) is 2.77. The molecule has 0 bridgehead atoms. The highest BCUT2D eigenvalue weighted by molar-refractivity contribution is 9.10. The summed E-state index contributed by atoms with van der Waals surface area (Å²) in [6.45, 7) is 5.32. The molecule has 3 heteroatoms. The minimum Gasteiger partial charge on any atom is -0.493 e. The first kappa shape index (κ1) is 13.9. The monoisotopic (exact) mass is 312 g/mol. The molecule has 1 N–H and O–H groups in total. The molecule has 1 unspecified atom stereocenters. The third-order valence-electron chi connectivity index (χ3n) is 3.68. The zero-order valence-corrected chi connectivity index (χ0v) is 12.7. The summed E-state index contributed by atoms with van der Waals surface area (Å²) in [5.41, 5.74) is 2.47. The summed E-state index contributed by atoms with van der Waals surface area (Å²) in [6, 6.07) is 4.27. The van der Waals surface area contributed by atoms with Gasteiger partial charge in [-0.05, 0) is 41.5 Å². The predicted octanol–water partition coefficient (Wildman–Crippen LogP) is 3.73. The molecule has 1 aromatic carbocycles. The fourth-order valence-electron chi connectivity index (χ4n) is 2.76. The second kappa shape index (κ2) is 5.62.